The third kappa shape index (κ3) is 2.96. The summed E-state index contributed by atoms with van der Waals surface area (Å²) in [7, 11) is 3.46. The van der Waals surface area contributed by atoms with Crippen molar-refractivity contribution < 1.29 is 9.66 Å². The molecule has 0 bridgehead atoms. The normalized spacial score (nSPS) is 18.9. The Morgan fingerprint density at radius 2 is 2.32 bits per heavy atom. The molecule has 6 nitrogen and oxygen atoms in total. The molecule has 1 aliphatic heterocycles. The van der Waals surface area contributed by atoms with Crippen LogP contribution in [0.4, 0.5) is 11.4 Å². The van der Waals surface area contributed by atoms with E-state index in [1.807, 2.05) is 11.9 Å². The Morgan fingerprint density at radius 1 is 1.53 bits per heavy atom. The number of hydrogen-bond donors (Lipinski definition) is 1. The summed E-state index contributed by atoms with van der Waals surface area (Å²) in [6.07, 6.45) is 2.13. The highest BCUT2D eigenvalue weighted by Crippen LogP contribution is 2.33. The SMILES string of the molecule is COc1ccc([N+](=O)[O-])c(N(C)C2CCCNC2)c1. The average molecular weight is 265 g/mol. The van der Waals surface area contributed by atoms with Crippen LogP contribution in [-0.2, 0) is 0 Å². The number of hydrogen-bond acceptors (Lipinski definition) is 5. The molecule has 1 heterocycles. The maximum atomic E-state index is 11.1. The monoisotopic (exact) mass is 265 g/mol. The lowest BCUT2D eigenvalue weighted by Gasteiger charge is -2.33. The van der Waals surface area contributed by atoms with Gasteiger partial charge >= 0.3 is 0 Å². The molecule has 1 fully saturated rings. The molecule has 0 aliphatic carbocycles. The predicted octanol–water partition coefficient (Wildman–Crippen LogP) is 1.79. The first-order valence-corrected chi connectivity index (χ1v) is 6.39. The Bertz CT molecular complexity index is 458. The van der Waals surface area contributed by atoms with Crippen LogP contribution in [0.25, 0.3) is 0 Å². The van der Waals surface area contributed by atoms with Crippen LogP contribution >= 0.6 is 0 Å². The number of likely N-dealkylation sites (N-methyl/N-ethyl adjacent to an activating group) is 1. The van der Waals surface area contributed by atoms with Gasteiger partial charge < -0.3 is 15.0 Å². The smallest absolute Gasteiger partial charge is 0.292 e. The van der Waals surface area contributed by atoms with E-state index in [-0.39, 0.29) is 16.7 Å². The number of nitrogens with one attached hydrogen (secondary N) is 1. The van der Waals surface area contributed by atoms with Crippen molar-refractivity contribution in [1.29, 1.82) is 0 Å². The van der Waals surface area contributed by atoms with E-state index in [9.17, 15) is 10.1 Å². The number of rotatable bonds is 4. The summed E-state index contributed by atoms with van der Waals surface area (Å²) < 4.78 is 5.16. The third-order valence-corrected chi connectivity index (χ3v) is 3.58. The first-order chi connectivity index (χ1) is 9.13. The minimum atomic E-state index is -0.346. The van der Waals surface area contributed by atoms with Crippen molar-refractivity contribution in [1.82, 2.24) is 5.32 Å². The van der Waals surface area contributed by atoms with Gasteiger partial charge in [0, 0.05) is 31.8 Å². The number of piperidine rings is 1. The van der Waals surface area contributed by atoms with Crippen molar-refractivity contribution in [2.24, 2.45) is 0 Å². The Morgan fingerprint density at radius 3 is 2.89 bits per heavy atom. The molecule has 0 saturated carbocycles. The minimum absolute atomic E-state index is 0.119. The molecule has 6 heteroatoms. The summed E-state index contributed by atoms with van der Waals surface area (Å²) in [5.41, 5.74) is 0.729. The van der Waals surface area contributed by atoms with Crippen LogP contribution in [0, 0.1) is 10.1 Å². The van der Waals surface area contributed by atoms with E-state index in [1.165, 1.54) is 6.07 Å². The number of ether oxygens (including phenoxy) is 1. The van der Waals surface area contributed by atoms with E-state index in [2.05, 4.69) is 5.32 Å². The molecular formula is C13H19N3O3. The van der Waals surface area contributed by atoms with Crippen molar-refractivity contribution >= 4 is 11.4 Å². The lowest BCUT2D eigenvalue weighted by Crippen LogP contribution is -2.44. The van der Waals surface area contributed by atoms with Gasteiger partial charge in [0.2, 0.25) is 0 Å². The van der Waals surface area contributed by atoms with Gasteiger partial charge in [-0.2, -0.15) is 0 Å². The van der Waals surface area contributed by atoms with Gasteiger partial charge in [0.05, 0.1) is 12.0 Å². The van der Waals surface area contributed by atoms with E-state index in [4.69, 9.17) is 4.74 Å². The molecular weight excluding hydrogens is 246 g/mol. The highest BCUT2D eigenvalue weighted by molar-refractivity contribution is 5.66. The van der Waals surface area contributed by atoms with Crippen LogP contribution in [0.15, 0.2) is 18.2 Å². The van der Waals surface area contributed by atoms with Gasteiger partial charge in [-0.05, 0) is 25.5 Å². The van der Waals surface area contributed by atoms with E-state index in [1.54, 1.807) is 19.2 Å². The van der Waals surface area contributed by atoms with Crippen molar-refractivity contribution in [3.05, 3.63) is 28.3 Å². The molecule has 0 aromatic heterocycles. The second-order valence-corrected chi connectivity index (χ2v) is 4.72. The quantitative estimate of drug-likeness (QED) is 0.664. The summed E-state index contributed by atoms with van der Waals surface area (Å²) in [6, 6.07) is 5.13. The molecule has 1 aromatic rings. The highest BCUT2D eigenvalue weighted by atomic mass is 16.6. The molecule has 1 unspecified atom stereocenters. The fraction of sp³-hybridized carbons (Fsp3) is 0.538. The summed E-state index contributed by atoms with van der Waals surface area (Å²) >= 11 is 0. The number of nitro benzene ring substituents is 1. The third-order valence-electron chi connectivity index (χ3n) is 3.58. The number of benzene rings is 1. The van der Waals surface area contributed by atoms with E-state index < -0.39 is 0 Å². The van der Waals surface area contributed by atoms with Gasteiger partial charge in [-0.15, -0.1) is 0 Å². The number of nitro groups is 1. The van der Waals surface area contributed by atoms with E-state index >= 15 is 0 Å². The Hall–Kier alpha value is -1.82. The average Bonchev–Trinajstić information content (AvgIpc) is 2.46. The Kier molecular flexibility index (Phi) is 4.21. The minimum Gasteiger partial charge on any atom is -0.497 e. The van der Waals surface area contributed by atoms with Crippen LogP contribution in [0.2, 0.25) is 0 Å². The standard InChI is InChI=1S/C13H19N3O3/c1-15(10-4-3-7-14-9-10)13-8-11(19-2)5-6-12(13)16(17)18/h5-6,8,10,14H,3-4,7,9H2,1-2H3. The van der Waals surface area contributed by atoms with Gasteiger partial charge in [-0.3, -0.25) is 10.1 Å². The molecule has 1 atom stereocenters. The summed E-state index contributed by atoms with van der Waals surface area (Å²) in [5.74, 6) is 0.635. The van der Waals surface area contributed by atoms with E-state index in [0.717, 1.165) is 25.9 Å². The van der Waals surface area contributed by atoms with Gasteiger partial charge in [-0.25, -0.2) is 0 Å². The number of nitrogens with zero attached hydrogens (tertiary/aromatic N) is 2. The molecule has 19 heavy (non-hydrogen) atoms. The fourth-order valence-electron chi connectivity index (χ4n) is 2.43. The molecule has 1 aromatic carbocycles. The van der Waals surface area contributed by atoms with Crippen molar-refractivity contribution in [2.75, 3.05) is 32.1 Å². The van der Waals surface area contributed by atoms with Gasteiger partial charge in [-0.1, -0.05) is 0 Å². The van der Waals surface area contributed by atoms with E-state index in [0.29, 0.717) is 11.4 Å². The molecule has 0 spiro atoms. The van der Waals surface area contributed by atoms with Crippen LogP contribution in [0.5, 0.6) is 5.75 Å². The highest BCUT2D eigenvalue weighted by Gasteiger charge is 2.24. The zero-order valence-corrected chi connectivity index (χ0v) is 11.3. The second kappa shape index (κ2) is 5.88. The first kappa shape index (κ1) is 13.6. The summed E-state index contributed by atoms with van der Waals surface area (Å²) in [5, 5.41) is 14.5. The van der Waals surface area contributed by atoms with Crippen LogP contribution < -0.4 is 15.0 Å². The van der Waals surface area contributed by atoms with Crippen LogP contribution in [0.1, 0.15) is 12.8 Å². The molecule has 1 saturated heterocycles. The lowest BCUT2D eigenvalue weighted by molar-refractivity contribution is -0.384. The predicted molar refractivity (Wildman–Crippen MR) is 73.9 cm³/mol. The van der Waals surface area contributed by atoms with Crippen molar-refractivity contribution in [3.8, 4) is 5.75 Å². The lowest BCUT2D eigenvalue weighted by atomic mass is 10.1. The van der Waals surface area contributed by atoms with Crippen molar-refractivity contribution in [2.45, 2.75) is 18.9 Å². The molecule has 0 amide bonds. The summed E-state index contributed by atoms with van der Waals surface area (Å²) in [6.45, 7) is 1.87. The fourth-order valence-corrected chi connectivity index (χ4v) is 2.43. The van der Waals surface area contributed by atoms with Crippen LogP contribution in [-0.4, -0.2) is 38.2 Å². The van der Waals surface area contributed by atoms with Crippen LogP contribution in [0.3, 0.4) is 0 Å². The topological polar surface area (TPSA) is 67.6 Å². The maximum absolute atomic E-state index is 11.1. The largest absolute Gasteiger partial charge is 0.497 e. The molecule has 2 rings (SSSR count). The Labute approximate surface area is 112 Å². The zero-order valence-electron chi connectivity index (χ0n) is 11.3. The zero-order chi connectivity index (χ0) is 13.8. The molecule has 1 N–H and O–H groups in total. The maximum Gasteiger partial charge on any atom is 0.292 e. The number of methoxy groups -OCH3 is 1. The van der Waals surface area contributed by atoms with Gasteiger partial charge in [0.25, 0.3) is 5.69 Å². The van der Waals surface area contributed by atoms with Gasteiger partial charge in [0.15, 0.2) is 0 Å². The number of anilines is 1. The summed E-state index contributed by atoms with van der Waals surface area (Å²) in [4.78, 5) is 12.8. The molecule has 1 aliphatic rings. The molecule has 0 radical (unpaired) electrons. The second-order valence-electron chi connectivity index (χ2n) is 4.72. The first-order valence-electron chi connectivity index (χ1n) is 6.39. The Balaban J connectivity index is 2.31. The van der Waals surface area contributed by atoms with Gasteiger partial charge in [0.1, 0.15) is 11.4 Å². The van der Waals surface area contributed by atoms with Crippen molar-refractivity contribution in [3.63, 3.8) is 0 Å². The molecule has 104 valence electrons.